The highest BCUT2D eigenvalue weighted by Crippen LogP contribution is 2.23. The highest BCUT2D eigenvalue weighted by molar-refractivity contribution is 6.34. The van der Waals surface area contributed by atoms with Crippen molar-refractivity contribution in [1.82, 2.24) is 4.98 Å². The quantitative estimate of drug-likeness (QED) is 0.900. The van der Waals surface area contributed by atoms with Gasteiger partial charge in [0.05, 0.1) is 10.7 Å². The number of nitrogens with zero attached hydrogens (tertiary/aromatic N) is 1. The number of carbonyl (C=O) groups excluding carboxylic acids is 1. The zero-order chi connectivity index (χ0) is 15.4. The van der Waals surface area contributed by atoms with Gasteiger partial charge < -0.3 is 10.6 Å². The lowest BCUT2D eigenvalue weighted by Gasteiger charge is -2.10. The summed E-state index contributed by atoms with van der Waals surface area (Å²) in [6.45, 7) is 3.95. The fourth-order valence-corrected chi connectivity index (χ4v) is 2.12. The van der Waals surface area contributed by atoms with Crippen LogP contribution < -0.4 is 10.6 Å². The summed E-state index contributed by atoms with van der Waals surface area (Å²) in [5.74, 6) is 0.478. The summed E-state index contributed by atoms with van der Waals surface area (Å²) in [6, 6.07) is 9.04. The van der Waals surface area contributed by atoms with Gasteiger partial charge in [-0.3, -0.25) is 4.79 Å². The molecule has 0 fully saturated rings. The maximum absolute atomic E-state index is 12.4. The number of hydrogen-bond acceptors (Lipinski definition) is 3. The number of nitrogens with one attached hydrogen (secondary N) is 2. The van der Waals surface area contributed by atoms with Crippen molar-refractivity contribution in [2.75, 3.05) is 17.7 Å². The van der Waals surface area contributed by atoms with E-state index in [0.717, 1.165) is 17.7 Å². The van der Waals surface area contributed by atoms with E-state index in [1.54, 1.807) is 25.2 Å². The van der Waals surface area contributed by atoms with Crippen LogP contribution in [-0.2, 0) is 6.42 Å². The molecular formula is C16H18ClN3O. The number of benzene rings is 1. The lowest BCUT2D eigenvalue weighted by Crippen LogP contribution is -2.14. The molecule has 0 radical (unpaired) electrons. The molecule has 4 nitrogen and oxygen atoms in total. The van der Waals surface area contributed by atoms with Crippen LogP contribution in [0.25, 0.3) is 0 Å². The van der Waals surface area contributed by atoms with Crippen LogP contribution in [0.1, 0.15) is 28.5 Å². The van der Waals surface area contributed by atoms with Crippen LogP contribution in [0.4, 0.5) is 11.5 Å². The van der Waals surface area contributed by atoms with Crippen LogP contribution in [0, 0.1) is 6.92 Å². The van der Waals surface area contributed by atoms with Gasteiger partial charge in [0.2, 0.25) is 0 Å². The van der Waals surface area contributed by atoms with Crippen LogP contribution in [-0.4, -0.2) is 17.9 Å². The molecule has 5 heteroatoms. The lowest BCUT2D eigenvalue weighted by atomic mass is 10.1. The molecule has 21 heavy (non-hydrogen) atoms. The minimum absolute atomic E-state index is 0.198. The second kappa shape index (κ2) is 6.59. The molecule has 0 saturated carbocycles. The van der Waals surface area contributed by atoms with Crippen molar-refractivity contribution in [2.24, 2.45) is 0 Å². The van der Waals surface area contributed by atoms with Crippen LogP contribution in [0.2, 0.25) is 5.02 Å². The van der Waals surface area contributed by atoms with Crippen LogP contribution in [0.5, 0.6) is 0 Å². The number of aromatic nitrogens is 1. The Morgan fingerprint density at radius 1 is 1.29 bits per heavy atom. The van der Waals surface area contributed by atoms with Gasteiger partial charge in [-0.2, -0.15) is 0 Å². The second-order valence-electron chi connectivity index (χ2n) is 4.77. The number of aryl methyl sites for hydroxylation is 2. The summed E-state index contributed by atoms with van der Waals surface area (Å²) < 4.78 is 0. The van der Waals surface area contributed by atoms with Gasteiger partial charge >= 0.3 is 0 Å². The first kappa shape index (κ1) is 15.3. The van der Waals surface area contributed by atoms with Crippen molar-refractivity contribution in [2.45, 2.75) is 20.3 Å². The van der Waals surface area contributed by atoms with Gasteiger partial charge in [0.1, 0.15) is 5.82 Å². The molecule has 2 aromatic rings. The van der Waals surface area contributed by atoms with Crippen molar-refractivity contribution in [3.8, 4) is 0 Å². The maximum atomic E-state index is 12.4. The van der Waals surface area contributed by atoms with E-state index < -0.39 is 0 Å². The molecular weight excluding hydrogens is 286 g/mol. The van der Waals surface area contributed by atoms with Crippen LogP contribution >= 0.6 is 11.6 Å². The lowest BCUT2D eigenvalue weighted by molar-refractivity contribution is 0.102. The second-order valence-corrected chi connectivity index (χ2v) is 5.18. The number of hydrogen-bond donors (Lipinski definition) is 2. The Balaban J connectivity index is 2.29. The Kier molecular flexibility index (Phi) is 4.81. The van der Waals surface area contributed by atoms with E-state index in [4.69, 9.17) is 11.6 Å². The van der Waals surface area contributed by atoms with E-state index >= 15 is 0 Å². The van der Waals surface area contributed by atoms with Crippen LogP contribution in [0.3, 0.4) is 0 Å². The third-order valence-electron chi connectivity index (χ3n) is 3.13. The number of amides is 1. The van der Waals surface area contributed by atoms with Crippen molar-refractivity contribution >= 4 is 29.0 Å². The molecule has 0 aliphatic carbocycles. The van der Waals surface area contributed by atoms with E-state index in [2.05, 4.69) is 15.6 Å². The number of rotatable bonds is 4. The molecule has 110 valence electrons. The average molecular weight is 304 g/mol. The minimum atomic E-state index is -0.198. The van der Waals surface area contributed by atoms with Gasteiger partial charge in [-0.1, -0.05) is 24.6 Å². The number of pyridine rings is 1. The van der Waals surface area contributed by atoms with E-state index in [0.29, 0.717) is 22.1 Å². The fraction of sp³-hybridized carbons (Fsp3) is 0.250. The third kappa shape index (κ3) is 3.73. The molecule has 1 amide bonds. The van der Waals surface area contributed by atoms with E-state index in [9.17, 15) is 4.79 Å². The summed E-state index contributed by atoms with van der Waals surface area (Å²) in [6.07, 6.45) is 0.765. The Morgan fingerprint density at radius 2 is 2.05 bits per heavy atom. The van der Waals surface area contributed by atoms with Gasteiger partial charge in [0.15, 0.2) is 0 Å². The summed E-state index contributed by atoms with van der Waals surface area (Å²) in [5, 5.41) is 6.33. The topological polar surface area (TPSA) is 54.0 Å². The molecule has 0 aliphatic heterocycles. The first-order valence-electron chi connectivity index (χ1n) is 6.79. The molecule has 2 N–H and O–H groups in total. The normalized spacial score (nSPS) is 10.3. The third-order valence-corrected chi connectivity index (χ3v) is 3.46. The molecule has 0 unspecified atom stereocenters. The van der Waals surface area contributed by atoms with Crippen molar-refractivity contribution < 1.29 is 4.79 Å². The first-order chi connectivity index (χ1) is 10.0. The molecule has 2 rings (SSSR count). The van der Waals surface area contributed by atoms with Gasteiger partial charge in [-0.15, -0.1) is 0 Å². The Labute approximate surface area is 129 Å². The summed E-state index contributed by atoms with van der Waals surface area (Å²) in [7, 11) is 1.78. The standard InChI is InChI=1S/C16H18ClN3O/c1-4-12-8-11(9-15(18-3)19-12)16(21)20-14-7-10(2)5-6-13(14)17/h5-9H,4H2,1-3H3,(H,18,19)(H,20,21). The highest BCUT2D eigenvalue weighted by atomic mass is 35.5. The van der Waals surface area contributed by atoms with E-state index in [-0.39, 0.29) is 5.91 Å². The smallest absolute Gasteiger partial charge is 0.255 e. The number of carbonyl (C=O) groups is 1. The molecule has 0 spiro atoms. The first-order valence-corrected chi connectivity index (χ1v) is 7.17. The van der Waals surface area contributed by atoms with Crippen molar-refractivity contribution in [3.05, 3.63) is 52.2 Å². The summed E-state index contributed by atoms with van der Waals surface area (Å²) >= 11 is 6.11. The van der Waals surface area contributed by atoms with Gasteiger partial charge in [0.25, 0.3) is 5.91 Å². The molecule has 0 atom stereocenters. The molecule has 0 bridgehead atoms. The molecule has 1 aromatic carbocycles. The Morgan fingerprint density at radius 3 is 2.71 bits per heavy atom. The van der Waals surface area contributed by atoms with Gasteiger partial charge in [-0.05, 0) is 43.2 Å². The highest BCUT2D eigenvalue weighted by Gasteiger charge is 2.11. The van der Waals surface area contributed by atoms with Crippen molar-refractivity contribution in [1.29, 1.82) is 0 Å². The van der Waals surface area contributed by atoms with E-state index in [1.165, 1.54) is 0 Å². The average Bonchev–Trinajstić information content (AvgIpc) is 2.50. The fourth-order valence-electron chi connectivity index (χ4n) is 1.96. The predicted molar refractivity (Wildman–Crippen MR) is 87.3 cm³/mol. The summed E-state index contributed by atoms with van der Waals surface area (Å²) in [4.78, 5) is 16.8. The Bertz CT molecular complexity index is 648. The summed E-state index contributed by atoms with van der Waals surface area (Å²) in [5.41, 5.74) is 3.07. The molecule has 1 aromatic heterocycles. The van der Waals surface area contributed by atoms with Crippen LogP contribution in [0.15, 0.2) is 30.3 Å². The largest absolute Gasteiger partial charge is 0.373 e. The van der Waals surface area contributed by atoms with Gasteiger partial charge in [0, 0.05) is 18.3 Å². The minimum Gasteiger partial charge on any atom is -0.373 e. The van der Waals surface area contributed by atoms with E-state index in [1.807, 2.05) is 26.0 Å². The maximum Gasteiger partial charge on any atom is 0.255 e. The zero-order valence-corrected chi connectivity index (χ0v) is 13.1. The number of anilines is 2. The molecule has 0 saturated heterocycles. The zero-order valence-electron chi connectivity index (χ0n) is 12.3. The molecule has 0 aliphatic rings. The SMILES string of the molecule is CCc1cc(C(=O)Nc2cc(C)ccc2Cl)cc(NC)n1. The molecule has 1 heterocycles. The van der Waals surface area contributed by atoms with Crippen molar-refractivity contribution in [3.63, 3.8) is 0 Å². The van der Waals surface area contributed by atoms with Gasteiger partial charge in [-0.25, -0.2) is 4.98 Å². The predicted octanol–water partition coefficient (Wildman–Crippen LogP) is 3.90. The Hall–Kier alpha value is -2.07. The monoisotopic (exact) mass is 303 g/mol. The number of halogens is 1.